The van der Waals surface area contributed by atoms with Crippen LogP contribution in [0.2, 0.25) is 0 Å². The number of hydrogen-bond donors (Lipinski definition) is 2. The van der Waals surface area contributed by atoms with E-state index in [9.17, 15) is 5.11 Å². The molecule has 1 atom stereocenters. The molecule has 2 aromatic carbocycles. The van der Waals surface area contributed by atoms with E-state index in [1.54, 1.807) is 0 Å². The predicted octanol–water partition coefficient (Wildman–Crippen LogP) is 2.03. The maximum absolute atomic E-state index is 10.9. The van der Waals surface area contributed by atoms with E-state index in [4.69, 9.17) is 0 Å². The highest BCUT2D eigenvalue weighted by Gasteiger charge is 2.35. The van der Waals surface area contributed by atoms with E-state index in [-0.39, 0.29) is 0 Å². The van der Waals surface area contributed by atoms with Gasteiger partial charge in [-0.2, -0.15) is 0 Å². The molecule has 0 saturated carbocycles. The third kappa shape index (κ3) is 1.66. The van der Waals surface area contributed by atoms with Crippen LogP contribution in [0.4, 0.5) is 0 Å². The summed E-state index contributed by atoms with van der Waals surface area (Å²) in [7, 11) is 0. The van der Waals surface area contributed by atoms with Crippen molar-refractivity contribution in [2.75, 3.05) is 6.54 Å². The number of aliphatic hydroxyl groups is 1. The van der Waals surface area contributed by atoms with E-state index in [0.717, 1.165) is 17.7 Å². The van der Waals surface area contributed by atoms with E-state index >= 15 is 0 Å². The van der Waals surface area contributed by atoms with Crippen LogP contribution < -0.4 is 5.32 Å². The van der Waals surface area contributed by atoms with Gasteiger partial charge in [-0.25, -0.2) is 0 Å². The van der Waals surface area contributed by atoms with Crippen molar-refractivity contribution in [1.82, 2.24) is 5.32 Å². The number of benzene rings is 2. The van der Waals surface area contributed by atoms with Crippen LogP contribution in [0, 0.1) is 0 Å². The first kappa shape index (κ1) is 10.5. The lowest BCUT2D eigenvalue weighted by Crippen LogP contribution is -2.43. The minimum Gasteiger partial charge on any atom is -0.379 e. The van der Waals surface area contributed by atoms with Crippen LogP contribution in [-0.4, -0.2) is 11.7 Å². The highest BCUT2D eigenvalue weighted by molar-refractivity contribution is 5.43. The zero-order valence-corrected chi connectivity index (χ0v) is 9.56. The van der Waals surface area contributed by atoms with Gasteiger partial charge in [0.05, 0.1) is 0 Å². The number of fused-ring (bicyclic) bond motifs is 1. The van der Waals surface area contributed by atoms with Crippen LogP contribution in [0.5, 0.6) is 0 Å². The fraction of sp³-hybridized carbons (Fsp3) is 0.200. The Kier molecular flexibility index (Phi) is 2.46. The van der Waals surface area contributed by atoms with Gasteiger partial charge in [-0.15, -0.1) is 0 Å². The van der Waals surface area contributed by atoms with E-state index in [2.05, 4.69) is 11.4 Å². The lowest BCUT2D eigenvalue weighted by Gasteiger charge is -2.35. The molecular weight excluding hydrogens is 210 g/mol. The quantitative estimate of drug-likeness (QED) is 0.778. The largest absolute Gasteiger partial charge is 0.379 e. The fourth-order valence-electron chi connectivity index (χ4n) is 2.52. The number of hydrogen-bond acceptors (Lipinski definition) is 2. The zero-order chi connectivity index (χ0) is 11.7. The Morgan fingerprint density at radius 2 is 1.65 bits per heavy atom. The van der Waals surface area contributed by atoms with Crippen molar-refractivity contribution in [3.05, 3.63) is 71.3 Å². The van der Waals surface area contributed by atoms with E-state index in [0.29, 0.717) is 6.54 Å². The van der Waals surface area contributed by atoms with Gasteiger partial charge in [-0.05, 0) is 16.7 Å². The van der Waals surface area contributed by atoms with Crippen LogP contribution in [-0.2, 0) is 12.1 Å². The second-order valence-corrected chi connectivity index (χ2v) is 4.49. The summed E-state index contributed by atoms with van der Waals surface area (Å²) in [5.74, 6) is 0. The van der Waals surface area contributed by atoms with Gasteiger partial charge in [0.25, 0.3) is 0 Å². The van der Waals surface area contributed by atoms with Crippen molar-refractivity contribution in [2.45, 2.75) is 12.1 Å². The summed E-state index contributed by atoms with van der Waals surface area (Å²) in [6.45, 7) is 1.39. The van der Waals surface area contributed by atoms with E-state index < -0.39 is 5.60 Å². The normalized spacial score (nSPS) is 23.1. The van der Waals surface area contributed by atoms with Crippen molar-refractivity contribution in [3.8, 4) is 0 Å². The lowest BCUT2D eigenvalue weighted by molar-refractivity contribution is 0.0715. The molecule has 1 heterocycles. The molecule has 1 unspecified atom stereocenters. The van der Waals surface area contributed by atoms with Gasteiger partial charge in [0, 0.05) is 13.1 Å². The van der Waals surface area contributed by atoms with Gasteiger partial charge in [-0.1, -0.05) is 54.6 Å². The van der Waals surface area contributed by atoms with Crippen molar-refractivity contribution in [3.63, 3.8) is 0 Å². The zero-order valence-electron chi connectivity index (χ0n) is 9.56. The van der Waals surface area contributed by atoms with Crippen LogP contribution >= 0.6 is 0 Å². The van der Waals surface area contributed by atoms with Crippen LogP contribution in [0.1, 0.15) is 16.7 Å². The molecule has 0 spiro atoms. The molecule has 2 N–H and O–H groups in total. The summed E-state index contributed by atoms with van der Waals surface area (Å²) in [5.41, 5.74) is 2.23. The Hall–Kier alpha value is -1.64. The Balaban J connectivity index is 2.16. The molecule has 0 fully saturated rings. The monoisotopic (exact) mass is 225 g/mol. The van der Waals surface area contributed by atoms with E-state index in [1.165, 1.54) is 5.56 Å². The first-order valence-electron chi connectivity index (χ1n) is 5.88. The van der Waals surface area contributed by atoms with Crippen molar-refractivity contribution in [1.29, 1.82) is 0 Å². The molecule has 2 nitrogen and oxygen atoms in total. The topological polar surface area (TPSA) is 32.3 Å². The summed E-state index contributed by atoms with van der Waals surface area (Å²) >= 11 is 0. The maximum Gasteiger partial charge on any atom is 0.127 e. The minimum absolute atomic E-state index is 0.564. The fourth-order valence-corrected chi connectivity index (χ4v) is 2.52. The molecule has 0 aliphatic carbocycles. The van der Waals surface area contributed by atoms with Crippen molar-refractivity contribution < 1.29 is 5.11 Å². The average Bonchev–Trinajstić information content (AvgIpc) is 2.40. The Morgan fingerprint density at radius 3 is 2.47 bits per heavy atom. The molecule has 1 aliphatic rings. The maximum atomic E-state index is 10.9. The Bertz CT molecular complexity index is 523. The minimum atomic E-state index is -0.907. The summed E-state index contributed by atoms with van der Waals surface area (Å²) < 4.78 is 0. The Morgan fingerprint density at radius 1 is 0.941 bits per heavy atom. The molecule has 0 aromatic heterocycles. The van der Waals surface area contributed by atoms with Gasteiger partial charge in [-0.3, -0.25) is 0 Å². The molecule has 0 amide bonds. The molecule has 2 aromatic rings. The number of β-amino-alcohol motifs (C(OH)–C–C–N with tert-alkyl or cyclic N) is 1. The highest BCUT2D eigenvalue weighted by atomic mass is 16.3. The first-order valence-corrected chi connectivity index (χ1v) is 5.88. The average molecular weight is 225 g/mol. The highest BCUT2D eigenvalue weighted by Crippen LogP contribution is 2.33. The van der Waals surface area contributed by atoms with Crippen molar-refractivity contribution in [2.24, 2.45) is 0 Å². The van der Waals surface area contributed by atoms with Gasteiger partial charge in [0.2, 0.25) is 0 Å². The molecule has 17 heavy (non-hydrogen) atoms. The SMILES string of the molecule is OC1(c2ccccc2)CNCc2ccccc21. The number of nitrogens with one attached hydrogen (secondary N) is 1. The van der Waals surface area contributed by atoms with Gasteiger partial charge < -0.3 is 10.4 Å². The molecule has 86 valence electrons. The molecule has 0 saturated heterocycles. The smallest absolute Gasteiger partial charge is 0.127 e. The van der Waals surface area contributed by atoms with Gasteiger partial charge in [0.15, 0.2) is 0 Å². The van der Waals surface area contributed by atoms with Crippen LogP contribution in [0.3, 0.4) is 0 Å². The Labute approximate surface area is 101 Å². The molecule has 2 heteroatoms. The number of rotatable bonds is 1. The molecular formula is C15H15NO. The third-order valence-corrected chi connectivity index (χ3v) is 3.41. The molecule has 0 bridgehead atoms. The predicted molar refractivity (Wildman–Crippen MR) is 67.6 cm³/mol. The lowest BCUT2D eigenvalue weighted by atomic mass is 9.81. The second-order valence-electron chi connectivity index (χ2n) is 4.49. The first-order chi connectivity index (χ1) is 8.31. The molecule has 1 aliphatic heterocycles. The third-order valence-electron chi connectivity index (χ3n) is 3.41. The summed E-state index contributed by atoms with van der Waals surface area (Å²) in [6.07, 6.45) is 0. The van der Waals surface area contributed by atoms with Gasteiger partial charge in [0.1, 0.15) is 5.60 Å². The standard InChI is InChI=1S/C15H15NO/c17-15(13-7-2-1-3-8-13)11-16-10-12-6-4-5-9-14(12)15/h1-9,16-17H,10-11H2. The molecule has 3 rings (SSSR count). The summed E-state index contributed by atoms with van der Waals surface area (Å²) in [4.78, 5) is 0. The summed E-state index contributed by atoms with van der Waals surface area (Å²) in [6, 6.07) is 17.9. The van der Waals surface area contributed by atoms with Crippen LogP contribution in [0.15, 0.2) is 54.6 Å². The molecule has 0 radical (unpaired) electrons. The van der Waals surface area contributed by atoms with Crippen LogP contribution in [0.25, 0.3) is 0 Å². The van der Waals surface area contributed by atoms with E-state index in [1.807, 2.05) is 48.5 Å². The second kappa shape index (κ2) is 3.99. The summed E-state index contributed by atoms with van der Waals surface area (Å²) in [5, 5.41) is 14.2. The van der Waals surface area contributed by atoms with Gasteiger partial charge >= 0.3 is 0 Å². The van der Waals surface area contributed by atoms with Crippen molar-refractivity contribution >= 4 is 0 Å².